The Morgan fingerprint density at radius 3 is 2.14 bits per heavy atom. The fourth-order valence-corrected chi connectivity index (χ4v) is 0.494. The zero-order chi connectivity index (χ0) is 5.86. The molecule has 0 heterocycles. The molecule has 0 aromatic carbocycles. The number of hydrogen-bond donors (Lipinski definition) is 0. The number of rotatable bonds is 1. The molecular weight excluding hydrogens is 152 g/mol. The van der Waals surface area contributed by atoms with Crippen LogP contribution in [-0.2, 0) is 0 Å². The minimum Gasteiger partial charge on any atom is -0.0876 e. The fourth-order valence-electron chi connectivity index (χ4n) is 0.230. The van der Waals surface area contributed by atoms with Crippen molar-refractivity contribution in [3.63, 3.8) is 0 Å². The van der Waals surface area contributed by atoms with Crippen molar-refractivity contribution in [2.45, 2.75) is 25.6 Å². The Morgan fingerprint density at radius 2 is 2.14 bits per heavy atom. The molecule has 0 aromatic rings. The minimum atomic E-state index is 0.539. The SMILES string of the molecule is CC=C(C)[C@@H](C)Br. The first-order chi connectivity index (χ1) is 3.18. The van der Waals surface area contributed by atoms with Crippen LogP contribution in [0.15, 0.2) is 11.6 Å². The van der Waals surface area contributed by atoms with Gasteiger partial charge in [-0.15, -0.1) is 0 Å². The highest BCUT2D eigenvalue weighted by atomic mass is 79.9. The van der Waals surface area contributed by atoms with Crippen molar-refractivity contribution in [3.05, 3.63) is 11.6 Å². The summed E-state index contributed by atoms with van der Waals surface area (Å²) in [5.74, 6) is 0. The molecule has 1 atom stereocenters. The summed E-state index contributed by atoms with van der Waals surface area (Å²) >= 11 is 3.43. The van der Waals surface area contributed by atoms with Crippen molar-refractivity contribution < 1.29 is 0 Å². The molecule has 0 aliphatic carbocycles. The number of halogens is 1. The van der Waals surface area contributed by atoms with Crippen LogP contribution in [0.5, 0.6) is 0 Å². The van der Waals surface area contributed by atoms with E-state index in [4.69, 9.17) is 0 Å². The van der Waals surface area contributed by atoms with Gasteiger partial charge in [0.25, 0.3) is 0 Å². The van der Waals surface area contributed by atoms with Crippen molar-refractivity contribution in [1.29, 1.82) is 0 Å². The first kappa shape index (κ1) is 7.22. The van der Waals surface area contributed by atoms with Crippen LogP contribution in [-0.4, -0.2) is 4.83 Å². The third kappa shape index (κ3) is 2.86. The molecule has 1 heteroatoms. The van der Waals surface area contributed by atoms with Gasteiger partial charge >= 0.3 is 0 Å². The first-order valence-corrected chi connectivity index (χ1v) is 3.37. The summed E-state index contributed by atoms with van der Waals surface area (Å²) in [7, 11) is 0. The standard InChI is InChI=1S/C6H11Br/c1-4-5(2)6(3)7/h4,6H,1-3H3/t6-/m1/s1. The van der Waals surface area contributed by atoms with Crippen LogP contribution in [0.1, 0.15) is 20.8 Å². The molecule has 0 nitrogen and oxygen atoms in total. The van der Waals surface area contributed by atoms with Gasteiger partial charge in [0, 0.05) is 4.83 Å². The van der Waals surface area contributed by atoms with E-state index in [2.05, 4.69) is 35.9 Å². The van der Waals surface area contributed by atoms with Crippen LogP contribution in [0, 0.1) is 0 Å². The molecule has 7 heavy (non-hydrogen) atoms. The maximum atomic E-state index is 3.43. The summed E-state index contributed by atoms with van der Waals surface area (Å²) in [5, 5.41) is 0. The van der Waals surface area contributed by atoms with Crippen LogP contribution >= 0.6 is 15.9 Å². The second-order valence-electron chi connectivity index (χ2n) is 1.65. The topological polar surface area (TPSA) is 0 Å². The number of allylic oxidation sites excluding steroid dienone is 2. The van der Waals surface area contributed by atoms with Gasteiger partial charge in [-0.1, -0.05) is 27.6 Å². The van der Waals surface area contributed by atoms with Gasteiger partial charge in [-0.3, -0.25) is 0 Å². The molecule has 42 valence electrons. The van der Waals surface area contributed by atoms with Gasteiger partial charge in [-0.05, 0) is 20.8 Å². The lowest BCUT2D eigenvalue weighted by atomic mass is 10.2. The predicted molar refractivity (Wildman–Crippen MR) is 37.8 cm³/mol. The average molecular weight is 163 g/mol. The molecule has 0 rings (SSSR count). The van der Waals surface area contributed by atoms with Gasteiger partial charge in [0.2, 0.25) is 0 Å². The second kappa shape index (κ2) is 3.25. The van der Waals surface area contributed by atoms with Crippen LogP contribution in [0.4, 0.5) is 0 Å². The van der Waals surface area contributed by atoms with Crippen LogP contribution < -0.4 is 0 Å². The average Bonchev–Trinajstić information content (AvgIpc) is 1.65. The molecule has 0 saturated heterocycles. The third-order valence-electron chi connectivity index (χ3n) is 1.08. The molecule has 0 unspecified atom stereocenters. The molecule has 0 fully saturated rings. The maximum Gasteiger partial charge on any atom is 0.0323 e. The Bertz CT molecular complexity index is 72.2. The quantitative estimate of drug-likeness (QED) is 0.411. The van der Waals surface area contributed by atoms with E-state index in [0.29, 0.717) is 4.83 Å². The lowest BCUT2D eigenvalue weighted by Gasteiger charge is -1.98. The molecule has 0 bridgehead atoms. The van der Waals surface area contributed by atoms with Crippen molar-refractivity contribution in [3.8, 4) is 0 Å². The third-order valence-corrected chi connectivity index (χ3v) is 1.80. The predicted octanol–water partition coefficient (Wildman–Crippen LogP) is 2.74. The zero-order valence-electron chi connectivity index (χ0n) is 5.03. The van der Waals surface area contributed by atoms with Gasteiger partial charge < -0.3 is 0 Å². The second-order valence-corrected chi connectivity index (χ2v) is 3.02. The van der Waals surface area contributed by atoms with Crippen molar-refractivity contribution in [2.24, 2.45) is 0 Å². The summed E-state index contributed by atoms with van der Waals surface area (Å²) in [6.07, 6.45) is 2.11. The summed E-state index contributed by atoms with van der Waals surface area (Å²) < 4.78 is 0. The van der Waals surface area contributed by atoms with Crippen molar-refractivity contribution >= 4 is 15.9 Å². The smallest absolute Gasteiger partial charge is 0.0323 e. The van der Waals surface area contributed by atoms with Crippen molar-refractivity contribution in [2.75, 3.05) is 0 Å². The van der Waals surface area contributed by atoms with Crippen LogP contribution in [0.3, 0.4) is 0 Å². The van der Waals surface area contributed by atoms with E-state index in [1.807, 2.05) is 6.92 Å². The summed E-state index contributed by atoms with van der Waals surface area (Å²) in [6.45, 7) is 6.28. The Hall–Kier alpha value is 0.220. The Labute approximate surface area is 53.7 Å². The van der Waals surface area contributed by atoms with Gasteiger partial charge in [0.05, 0.1) is 0 Å². The molecule has 0 N–H and O–H groups in total. The molecule has 0 aliphatic rings. The molecule has 0 amide bonds. The van der Waals surface area contributed by atoms with Gasteiger partial charge in [-0.25, -0.2) is 0 Å². The van der Waals surface area contributed by atoms with Crippen LogP contribution in [0.25, 0.3) is 0 Å². The van der Waals surface area contributed by atoms with E-state index < -0.39 is 0 Å². The van der Waals surface area contributed by atoms with E-state index in [9.17, 15) is 0 Å². The Balaban J connectivity index is 3.56. The molecule has 0 spiro atoms. The van der Waals surface area contributed by atoms with E-state index in [0.717, 1.165) is 0 Å². The monoisotopic (exact) mass is 162 g/mol. The van der Waals surface area contributed by atoms with E-state index in [-0.39, 0.29) is 0 Å². The largest absolute Gasteiger partial charge is 0.0876 e. The van der Waals surface area contributed by atoms with Gasteiger partial charge in [-0.2, -0.15) is 0 Å². The molecule has 0 saturated carbocycles. The summed E-state index contributed by atoms with van der Waals surface area (Å²) in [6, 6.07) is 0. The van der Waals surface area contributed by atoms with Gasteiger partial charge in [0.1, 0.15) is 0 Å². The molecular formula is C6H11Br. The lowest BCUT2D eigenvalue weighted by Crippen LogP contribution is -1.88. The van der Waals surface area contributed by atoms with E-state index in [1.165, 1.54) is 5.57 Å². The highest BCUT2D eigenvalue weighted by molar-refractivity contribution is 9.09. The number of alkyl halides is 1. The highest BCUT2D eigenvalue weighted by Crippen LogP contribution is 2.08. The number of hydrogen-bond acceptors (Lipinski definition) is 0. The highest BCUT2D eigenvalue weighted by Gasteiger charge is 1.92. The summed E-state index contributed by atoms with van der Waals surface area (Å²) in [4.78, 5) is 0.539. The lowest BCUT2D eigenvalue weighted by molar-refractivity contribution is 1.13. The zero-order valence-corrected chi connectivity index (χ0v) is 6.62. The van der Waals surface area contributed by atoms with Gasteiger partial charge in [0.15, 0.2) is 0 Å². The normalized spacial score (nSPS) is 16.9. The fraction of sp³-hybridized carbons (Fsp3) is 0.667. The molecule has 0 aliphatic heterocycles. The summed E-state index contributed by atoms with van der Waals surface area (Å²) in [5.41, 5.74) is 1.39. The van der Waals surface area contributed by atoms with E-state index >= 15 is 0 Å². The molecule has 0 radical (unpaired) electrons. The molecule has 0 aromatic heterocycles. The van der Waals surface area contributed by atoms with Crippen molar-refractivity contribution in [1.82, 2.24) is 0 Å². The Kier molecular flexibility index (Phi) is 3.35. The van der Waals surface area contributed by atoms with Crippen LogP contribution in [0.2, 0.25) is 0 Å². The minimum absolute atomic E-state index is 0.539. The first-order valence-electron chi connectivity index (χ1n) is 2.45. The van der Waals surface area contributed by atoms with E-state index in [1.54, 1.807) is 0 Å². The maximum absolute atomic E-state index is 3.43. The Morgan fingerprint density at radius 1 is 1.71 bits per heavy atom.